The number of piperazine rings is 1. The van der Waals surface area contributed by atoms with Gasteiger partial charge >= 0.3 is 0 Å². The van der Waals surface area contributed by atoms with Crippen molar-refractivity contribution in [3.8, 4) is 0 Å². The van der Waals surface area contributed by atoms with Crippen molar-refractivity contribution in [2.75, 3.05) is 40.3 Å². The van der Waals surface area contributed by atoms with E-state index in [0.29, 0.717) is 26.2 Å². The van der Waals surface area contributed by atoms with E-state index in [1.165, 1.54) is 29.1 Å². The molecule has 1 aliphatic heterocycles. The summed E-state index contributed by atoms with van der Waals surface area (Å²) >= 11 is 0. The third kappa shape index (κ3) is 2.46. The maximum absolute atomic E-state index is 12.4. The summed E-state index contributed by atoms with van der Waals surface area (Å²) in [6, 6.07) is 0. The van der Waals surface area contributed by atoms with Gasteiger partial charge in [0.25, 0.3) is 10.2 Å². The Morgan fingerprint density at radius 3 is 2.05 bits per heavy atom. The largest absolute Gasteiger partial charge is 0.340 e. The monoisotopic (exact) mass is 301 g/mol. The summed E-state index contributed by atoms with van der Waals surface area (Å²) in [5.41, 5.74) is 0. The fourth-order valence-electron chi connectivity index (χ4n) is 3.54. The molecule has 1 amide bonds. The van der Waals surface area contributed by atoms with Crippen LogP contribution in [0.15, 0.2) is 0 Å². The Bertz CT molecular complexity index is 487. The Morgan fingerprint density at radius 1 is 1.00 bits per heavy atom. The van der Waals surface area contributed by atoms with Crippen LogP contribution in [-0.4, -0.2) is 68.1 Å². The fraction of sp³-hybridized carbons (Fsp3) is 0.923. The molecule has 0 aromatic rings. The standard InChI is InChI=1S/C13H23N3O3S/c1-14(2)20(18,19)16-5-3-15(4-6-16)13(17)12-8-10-7-11(10)9-12/h10-12H,3-9H2,1-2H3. The Labute approximate surface area is 120 Å². The average Bonchev–Trinajstić information content (AvgIpc) is 3.04. The maximum Gasteiger partial charge on any atom is 0.281 e. The van der Waals surface area contributed by atoms with Crippen LogP contribution < -0.4 is 0 Å². The molecule has 3 rings (SSSR count). The van der Waals surface area contributed by atoms with Crippen LogP contribution >= 0.6 is 0 Å². The quantitative estimate of drug-likeness (QED) is 0.736. The van der Waals surface area contributed by atoms with E-state index in [1.807, 2.05) is 4.90 Å². The molecule has 0 aromatic carbocycles. The first kappa shape index (κ1) is 14.3. The van der Waals surface area contributed by atoms with Gasteiger partial charge in [0, 0.05) is 46.2 Å². The van der Waals surface area contributed by atoms with E-state index in [-0.39, 0.29) is 11.8 Å². The van der Waals surface area contributed by atoms with Gasteiger partial charge in [-0.1, -0.05) is 0 Å². The minimum atomic E-state index is -3.34. The SMILES string of the molecule is CN(C)S(=O)(=O)N1CCN(C(=O)C2CC3CC3C2)CC1. The second-order valence-electron chi connectivity index (χ2n) is 6.44. The predicted molar refractivity (Wildman–Crippen MR) is 75.1 cm³/mol. The molecular weight excluding hydrogens is 278 g/mol. The van der Waals surface area contributed by atoms with Crippen LogP contribution in [0, 0.1) is 17.8 Å². The van der Waals surface area contributed by atoms with E-state index in [4.69, 9.17) is 0 Å². The second kappa shape index (κ2) is 4.96. The number of nitrogens with zero attached hydrogens (tertiary/aromatic N) is 3. The maximum atomic E-state index is 12.4. The predicted octanol–water partition coefficient (Wildman–Crippen LogP) is -0.0169. The summed E-state index contributed by atoms with van der Waals surface area (Å²) in [4.78, 5) is 14.3. The molecule has 0 aromatic heterocycles. The molecule has 1 saturated heterocycles. The topological polar surface area (TPSA) is 60.9 Å². The first-order chi connectivity index (χ1) is 9.39. The number of fused-ring (bicyclic) bond motifs is 1. The van der Waals surface area contributed by atoms with Crippen molar-refractivity contribution in [2.24, 2.45) is 17.8 Å². The molecule has 0 spiro atoms. The Kier molecular flexibility index (Phi) is 3.54. The van der Waals surface area contributed by atoms with Crippen LogP contribution in [-0.2, 0) is 15.0 Å². The van der Waals surface area contributed by atoms with Crippen molar-refractivity contribution < 1.29 is 13.2 Å². The van der Waals surface area contributed by atoms with Gasteiger partial charge < -0.3 is 4.90 Å². The van der Waals surface area contributed by atoms with Gasteiger partial charge in [-0.05, 0) is 31.1 Å². The van der Waals surface area contributed by atoms with E-state index in [0.717, 1.165) is 24.7 Å². The molecule has 7 heteroatoms. The Balaban J connectivity index is 1.54. The van der Waals surface area contributed by atoms with Crippen molar-refractivity contribution in [3.63, 3.8) is 0 Å². The first-order valence-corrected chi connectivity index (χ1v) is 8.75. The summed E-state index contributed by atoms with van der Waals surface area (Å²) in [6.07, 6.45) is 3.43. The fourth-order valence-corrected chi connectivity index (χ4v) is 4.63. The van der Waals surface area contributed by atoms with Crippen LogP contribution in [0.4, 0.5) is 0 Å². The molecule has 0 radical (unpaired) electrons. The highest BCUT2D eigenvalue weighted by Crippen LogP contribution is 2.54. The zero-order chi connectivity index (χ0) is 14.5. The van der Waals surface area contributed by atoms with Crippen molar-refractivity contribution in [3.05, 3.63) is 0 Å². The van der Waals surface area contributed by atoms with Crippen LogP contribution in [0.5, 0.6) is 0 Å². The highest BCUT2D eigenvalue weighted by Gasteiger charge is 2.49. The van der Waals surface area contributed by atoms with Crippen LogP contribution in [0.25, 0.3) is 0 Å². The lowest BCUT2D eigenvalue weighted by Crippen LogP contribution is -2.54. The van der Waals surface area contributed by atoms with Crippen molar-refractivity contribution in [1.29, 1.82) is 0 Å². The summed E-state index contributed by atoms with van der Waals surface area (Å²) < 4.78 is 26.7. The minimum absolute atomic E-state index is 0.204. The van der Waals surface area contributed by atoms with Gasteiger partial charge in [0.15, 0.2) is 0 Å². The molecule has 2 unspecified atom stereocenters. The lowest BCUT2D eigenvalue weighted by molar-refractivity contribution is -0.136. The number of hydrogen-bond acceptors (Lipinski definition) is 3. The lowest BCUT2D eigenvalue weighted by atomic mass is 10.0. The van der Waals surface area contributed by atoms with E-state index in [2.05, 4.69) is 0 Å². The third-order valence-corrected chi connectivity index (χ3v) is 6.87. The molecule has 3 fully saturated rings. The smallest absolute Gasteiger partial charge is 0.281 e. The number of carbonyl (C=O) groups excluding carboxylic acids is 1. The zero-order valence-electron chi connectivity index (χ0n) is 12.2. The molecule has 1 heterocycles. The van der Waals surface area contributed by atoms with Gasteiger partial charge in [0.05, 0.1) is 0 Å². The van der Waals surface area contributed by atoms with Crippen molar-refractivity contribution in [1.82, 2.24) is 13.5 Å². The van der Waals surface area contributed by atoms with Gasteiger partial charge in [0.1, 0.15) is 0 Å². The number of rotatable bonds is 3. The van der Waals surface area contributed by atoms with E-state index >= 15 is 0 Å². The van der Waals surface area contributed by atoms with Gasteiger partial charge in [-0.2, -0.15) is 17.0 Å². The molecule has 114 valence electrons. The Hall–Kier alpha value is -0.660. The molecule has 2 saturated carbocycles. The van der Waals surface area contributed by atoms with Crippen LogP contribution in [0.2, 0.25) is 0 Å². The van der Waals surface area contributed by atoms with Crippen LogP contribution in [0.3, 0.4) is 0 Å². The van der Waals surface area contributed by atoms with Gasteiger partial charge in [-0.25, -0.2) is 0 Å². The Morgan fingerprint density at radius 2 is 1.55 bits per heavy atom. The minimum Gasteiger partial charge on any atom is -0.340 e. The van der Waals surface area contributed by atoms with E-state index < -0.39 is 10.2 Å². The highest BCUT2D eigenvalue weighted by atomic mass is 32.2. The highest BCUT2D eigenvalue weighted by molar-refractivity contribution is 7.86. The van der Waals surface area contributed by atoms with Crippen molar-refractivity contribution >= 4 is 16.1 Å². The zero-order valence-corrected chi connectivity index (χ0v) is 13.0. The first-order valence-electron chi connectivity index (χ1n) is 7.36. The molecule has 2 aliphatic carbocycles. The number of carbonyl (C=O) groups is 1. The summed E-state index contributed by atoms with van der Waals surface area (Å²) in [5, 5.41) is 0. The van der Waals surface area contributed by atoms with Gasteiger partial charge in [-0.15, -0.1) is 0 Å². The average molecular weight is 301 g/mol. The normalized spacial score (nSPS) is 34.4. The number of amides is 1. The molecule has 0 bridgehead atoms. The molecular formula is C13H23N3O3S. The summed E-state index contributed by atoms with van der Waals surface area (Å²) in [7, 11) is -0.262. The van der Waals surface area contributed by atoms with Gasteiger partial charge in [0.2, 0.25) is 5.91 Å². The van der Waals surface area contributed by atoms with Crippen LogP contribution in [0.1, 0.15) is 19.3 Å². The molecule has 0 N–H and O–H groups in total. The number of hydrogen-bond donors (Lipinski definition) is 0. The second-order valence-corrected chi connectivity index (χ2v) is 8.58. The molecule has 20 heavy (non-hydrogen) atoms. The summed E-state index contributed by atoms with van der Waals surface area (Å²) in [5.74, 6) is 2.06. The molecule has 2 atom stereocenters. The lowest BCUT2D eigenvalue weighted by Gasteiger charge is -2.36. The van der Waals surface area contributed by atoms with E-state index in [9.17, 15) is 13.2 Å². The van der Waals surface area contributed by atoms with Gasteiger partial charge in [-0.3, -0.25) is 4.79 Å². The van der Waals surface area contributed by atoms with Crippen molar-refractivity contribution in [2.45, 2.75) is 19.3 Å². The summed E-state index contributed by atoms with van der Waals surface area (Å²) in [6.45, 7) is 1.87. The molecule has 3 aliphatic rings. The molecule has 6 nitrogen and oxygen atoms in total. The van der Waals surface area contributed by atoms with E-state index in [1.54, 1.807) is 0 Å². The third-order valence-electron chi connectivity index (χ3n) is 4.93.